The minimum Gasteiger partial charge on any atom is -0.468 e. The Morgan fingerprint density at radius 3 is 1.93 bits per heavy atom. The van der Waals surface area contributed by atoms with Gasteiger partial charge < -0.3 is 9.47 Å². The van der Waals surface area contributed by atoms with Gasteiger partial charge in [-0.25, -0.2) is 4.79 Å². The molecule has 29 heavy (non-hydrogen) atoms. The highest BCUT2D eigenvalue weighted by Crippen LogP contribution is 2.71. The second-order valence-electron chi connectivity index (χ2n) is 7.21. The smallest absolute Gasteiger partial charge is 0.337 e. The van der Waals surface area contributed by atoms with E-state index < -0.39 is 11.4 Å². The second kappa shape index (κ2) is 7.55. The van der Waals surface area contributed by atoms with Crippen LogP contribution in [0.2, 0.25) is 0 Å². The Hall–Kier alpha value is -3.40. The molecule has 3 aromatic rings. The van der Waals surface area contributed by atoms with Crippen molar-refractivity contribution in [3.05, 3.63) is 107 Å². The van der Waals surface area contributed by atoms with Crippen molar-refractivity contribution < 1.29 is 19.1 Å². The number of esters is 2. The van der Waals surface area contributed by atoms with Crippen molar-refractivity contribution in [3.8, 4) is 0 Å². The van der Waals surface area contributed by atoms with Gasteiger partial charge in [-0.15, -0.1) is 0 Å². The van der Waals surface area contributed by atoms with E-state index in [1.165, 1.54) is 14.2 Å². The van der Waals surface area contributed by atoms with Gasteiger partial charge in [-0.1, -0.05) is 72.8 Å². The quantitative estimate of drug-likeness (QED) is 0.608. The predicted molar refractivity (Wildman–Crippen MR) is 110 cm³/mol. The van der Waals surface area contributed by atoms with Gasteiger partial charge in [0, 0.05) is 11.8 Å². The first kappa shape index (κ1) is 18.9. The molecule has 146 valence electrons. The maximum absolute atomic E-state index is 13.2. The molecule has 3 aromatic carbocycles. The van der Waals surface area contributed by atoms with E-state index in [2.05, 4.69) is 0 Å². The summed E-state index contributed by atoms with van der Waals surface area (Å²) in [6, 6.07) is 27.0. The van der Waals surface area contributed by atoms with Gasteiger partial charge in [0.2, 0.25) is 0 Å². The van der Waals surface area contributed by atoms with Crippen molar-refractivity contribution in [1.82, 2.24) is 0 Å². The van der Waals surface area contributed by atoms with Crippen LogP contribution < -0.4 is 0 Å². The summed E-state index contributed by atoms with van der Waals surface area (Å²) in [4.78, 5) is 25.3. The average Bonchev–Trinajstić information content (AvgIpc) is 3.50. The van der Waals surface area contributed by atoms with E-state index in [4.69, 9.17) is 9.47 Å². The van der Waals surface area contributed by atoms with Crippen molar-refractivity contribution in [2.24, 2.45) is 0 Å². The van der Waals surface area contributed by atoms with Gasteiger partial charge in [0.25, 0.3) is 0 Å². The van der Waals surface area contributed by atoms with Crippen LogP contribution in [-0.2, 0) is 19.7 Å². The highest BCUT2D eigenvalue weighted by atomic mass is 16.5. The first-order valence-corrected chi connectivity index (χ1v) is 9.51. The molecule has 0 aromatic heterocycles. The Balaban J connectivity index is 1.90. The Morgan fingerprint density at radius 2 is 1.31 bits per heavy atom. The van der Waals surface area contributed by atoms with Crippen LogP contribution in [-0.4, -0.2) is 26.2 Å². The van der Waals surface area contributed by atoms with Gasteiger partial charge in [0.1, 0.15) is 5.41 Å². The van der Waals surface area contributed by atoms with Crippen molar-refractivity contribution >= 4 is 11.9 Å². The zero-order chi connectivity index (χ0) is 20.4. The van der Waals surface area contributed by atoms with Gasteiger partial charge in [-0.05, 0) is 28.8 Å². The average molecular weight is 386 g/mol. The van der Waals surface area contributed by atoms with E-state index in [-0.39, 0.29) is 17.8 Å². The SMILES string of the molecule is COC(=O)c1cccc([C@@H]2C(c3ccccc3)[C@]2(C(=O)OC)c2ccccc2)c1. The molecular weight excluding hydrogens is 364 g/mol. The normalized spacial score (nSPS) is 22.6. The lowest BCUT2D eigenvalue weighted by Gasteiger charge is -2.17. The van der Waals surface area contributed by atoms with Crippen LogP contribution in [0, 0.1) is 0 Å². The molecule has 1 fully saturated rings. The summed E-state index contributed by atoms with van der Waals surface area (Å²) in [6.07, 6.45) is 0. The highest BCUT2D eigenvalue weighted by Gasteiger charge is 2.72. The Labute approximate surface area is 170 Å². The third kappa shape index (κ3) is 3.01. The van der Waals surface area contributed by atoms with E-state index in [1.54, 1.807) is 6.07 Å². The molecule has 0 spiro atoms. The number of benzene rings is 3. The molecule has 1 saturated carbocycles. The summed E-state index contributed by atoms with van der Waals surface area (Å²) in [5, 5.41) is 0. The molecule has 0 heterocycles. The van der Waals surface area contributed by atoms with E-state index in [9.17, 15) is 9.59 Å². The number of rotatable bonds is 5. The molecule has 1 aliphatic carbocycles. The Morgan fingerprint density at radius 1 is 0.724 bits per heavy atom. The summed E-state index contributed by atoms with van der Waals surface area (Å²) in [5.74, 6) is -0.908. The number of ether oxygens (including phenoxy) is 2. The number of hydrogen-bond acceptors (Lipinski definition) is 4. The molecule has 4 rings (SSSR count). The van der Waals surface area contributed by atoms with Crippen LogP contribution >= 0.6 is 0 Å². The molecule has 0 saturated heterocycles. The summed E-state index contributed by atoms with van der Waals surface area (Å²) in [7, 11) is 2.79. The maximum atomic E-state index is 13.2. The minimum absolute atomic E-state index is 0.0913. The Bertz CT molecular complexity index is 1030. The topological polar surface area (TPSA) is 52.6 Å². The Kier molecular flexibility index (Phi) is 4.93. The fourth-order valence-electron chi connectivity index (χ4n) is 4.55. The molecule has 1 unspecified atom stereocenters. The second-order valence-corrected chi connectivity index (χ2v) is 7.21. The lowest BCUT2D eigenvalue weighted by atomic mass is 9.88. The largest absolute Gasteiger partial charge is 0.468 e. The van der Waals surface area contributed by atoms with Gasteiger partial charge in [0.05, 0.1) is 19.8 Å². The first-order valence-electron chi connectivity index (χ1n) is 9.51. The third-order valence-corrected chi connectivity index (χ3v) is 5.81. The van der Waals surface area contributed by atoms with Crippen LogP contribution in [0.3, 0.4) is 0 Å². The summed E-state index contributed by atoms with van der Waals surface area (Å²) in [6.45, 7) is 0. The van der Waals surface area contributed by atoms with Crippen LogP contribution in [0.1, 0.15) is 38.9 Å². The first-order chi connectivity index (χ1) is 14.1. The van der Waals surface area contributed by atoms with E-state index in [1.807, 2.05) is 78.9 Å². The summed E-state index contributed by atoms with van der Waals surface area (Å²) in [5.41, 5.74) is 2.52. The van der Waals surface area contributed by atoms with E-state index >= 15 is 0 Å². The van der Waals surface area contributed by atoms with Crippen molar-refractivity contribution in [1.29, 1.82) is 0 Å². The number of carbonyl (C=O) groups is 2. The monoisotopic (exact) mass is 386 g/mol. The number of methoxy groups -OCH3 is 2. The molecule has 0 N–H and O–H groups in total. The van der Waals surface area contributed by atoms with E-state index in [0.717, 1.165) is 16.7 Å². The van der Waals surface area contributed by atoms with E-state index in [0.29, 0.717) is 5.56 Å². The zero-order valence-electron chi connectivity index (χ0n) is 16.4. The molecule has 3 atom stereocenters. The van der Waals surface area contributed by atoms with Crippen LogP contribution in [0.5, 0.6) is 0 Å². The van der Waals surface area contributed by atoms with Crippen LogP contribution in [0.4, 0.5) is 0 Å². The van der Waals surface area contributed by atoms with Crippen molar-refractivity contribution in [3.63, 3.8) is 0 Å². The van der Waals surface area contributed by atoms with Gasteiger partial charge in [-0.2, -0.15) is 0 Å². The fourth-order valence-corrected chi connectivity index (χ4v) is 4.55. The summed E-state index contributed by atoms with van der Waals surface area (Å²) < 4.78 is 10.2. The number of carbonyl (C=O) groups excluding carboxylic acids is 2. The fraction of sp³-hybridized carbons (Fsp3) is 0.200. The van der Waals surface area contributed by atoms with Gasteiger partial charge in [0.15, 0.2) is 0 Å². The minimum atomic E-state index is -0.841. The summed E-state index contributed by atoms with van der Waals surface area (Å²) >= 11 is 0. The van der Waals surface area contributed by atoms with Crippen molar-refractivity contribution in [2.75, 3.05) is 14.2 Å². The molecule has 4 nitrogen and oxygen atoms in total. The van der Waals surface area contributed by atoms with Crippen molar-refractivity contribution in [2.45, 2.75) is 17.3 Å². The van der Waals surface area contributed by atoms with Gasteiger partial charge in [-0.3, -0.25) is 4.79 Å². The molecule has 0 amide bonds. The highest BCUT2D eigenvalue weighted by molar-refractivity contribution is 5.93. The molecule has 4 heteroatoms. The number of hydrogen-bond donors (Lipinski definition) is 0. The molecule has 0 aliphatic heterocycles. The molecular formula is C25H22O4. The van der Waals surface area contributed by atoms with Crippen LogP contribution in [0.15, 0.2) is 84.9 Å². The maximum Gasteiger partial charge on any atom is 0.337 e. The molecule has 1 aliphatic rings. The molecule has 0 radical (unpaired) electrons. The zero-order valence-corrected chi connectivity index (χ0v) is 16.4. The standard InChI is InChI=1S/C25H22O4/c1-28-23(26)19-13-9-12-18(16-19)22-21(17-10-5-3-6-11-17)25(22,24(27)29-2)20-14-7-4-8-15-20/h3-16,21-22H,1-2H3/t21?,22-,25-/m1/s1. The molecule has 0 bridgehead atoms. The third-order valence-electron chi connectivity index (χ3n) is 5.81. The van der Waals surface area contributed by atoms with Gasteiger partial charge >= 0.3 is 11.9 Å². The lowest BCUT2D eigenvalue weighted by Crippen LogP contribution is -2.25. The predicted octanol–water partition coefficient (Wildman–Crippen LogP) is 4.47. The lowest BCUT2D eigenvalue weighted by molar-refractivity contribution is -0.144. The van der Waals surface area contributed by atoms with Crippen LogP contribution in [0.25, 0.3) is 0 Å².